The van der Waals surface area contributed by atoms with Crippen LogP contribution in [0.5, 0.6) is 0 Å². The summed E-state index contributed by atoms with van der Waals surface area (Å²) in [5, 5.41) is 20.0. The van der Waals surface area contributed by atoms with Gasteiger partial charge in [0.1, 0.15) is 5.41 Å². The van der Waals surface area contributed by atoms with Crippen molar-refractivity contribution in [3.05, 3.63) is 53.9 Å². The number of nitrogens with zero attached hydrogens (tertiary/aromatic N) is 4. The molecule has 3 aromatic rings. The molecule has 2 aliphatic rings. The standard InChI is InChI=1S/C27H29N7O4/c1-3-30-25(36)17-6-4-16(5-7-17)18-10-21-23(19(24(29)35)11-31-34(21)12-18)32-20-13-33(14-22(20)38-2)26(37)27(15-28)8-9-27/h4-7,10-12,20,22,32H,3,8-9,13-14H2,1-2H3,(H2,29,35)(H,30,36)/t20-,22-/m1/s1. The molecule has 2 atom stereocenters. The molecule has 0 radical (unpaired) electrons. The van der Waals surface area contributed by atoms with Gasteiger partial charge in [-0.15, -0.1) is 0 Å². The molecule has 11 nitrogen and oxygen atoms in total. The number of hydrogen-bond donors (Lipinski definition) is 3. The monoisotopic (exact) mass is 515 g/mol. The lowest BCUT2D eigenvalue weighted by Gasteiger charge is -2.21. The van der Waals surface area contributed by atoms with E-state index in [1.807, 2.05) is 31.3 Å². The topological polar surface area (TPSA) is 155 Å². The van der Waals surface area contributed by atoms with E-state index in [2.05, 4.69) is 21.8 Å². The van der Waals surface area contributed by atoms with Crippen LogP contribution < -0.4 is 16.4 Å². The molecule has 2 aromatic heterocycles. The summed E-state index contributed by atoms with van der Waals surface area (Å²) in [4.78, 5) is 39.1. The van der Waals surface area contributed by atoms with E-state index in [4.69, 9.17) is 10.5 Å². The van der Waals surface area contributed by atoms with E-state index in [0.717, 1.165) is 11.1 Å². The minimum atomic E-state index is -0.918. The Labute approximate surface area is 219 Å². The van der Waals surface area contributed by atoms with Crippen molar-refractivity contribution >= 4 is 28.9 Å². The van der Waals surface area contributed by atoms with Gasteiger partial charge in [0.15, 0.2) is 0 Å². The van der Waals surface area contributed by atoms with Gasteiger partial charge in [-0.1, -0.05) is 12.1 Å². The molecule has 3 heterocycles. The van der Waals surface area contributed by atoms with Crippen molar-refractivity contribution in [3.63, 3.8) is 0 Å². The minimum Gasteiger partial charge on any atom is -0.377 e. The van der Waals surface area contributed by atoms with E-state index in [-0.39, 0.29) is 29.5 Å². The van der Waals surface area contributed by atoms with Gasteiger partial charge in [-0.3, -0.25) is 14.4 Å². The van der Waals surface area contributed by atoms with Gasteiger partial charge in [0, 0.05) is 44.1 Å². The van der Waals surface area contributed by atoms with Crippen LogP contribution in [0.15, 0.2) is 42.7 Å². The lowest BCUT2D eigenvalue weighted by Crippen LogP contribution is -2.37. The third-order valence-electron chi connectivity index (χ3n) is 7.28. The zero-order chi connectivity index (χ0) is 27.0. The summed E-state index contributed by atoms with van der Waals surface area (Å²) in [7, 11) is 1.57. The Morgan fingerprint density at radius 2 is 1.95 bits per heavy atom. The molecule has 5 rings (SSSR count). The van der Waals surface area contributed by atoms with Crippen molar-refractivity contribution < 1.29 is 19.1 Å². The van der Waals surface area contributed by atoms with Crippen LogP contribution in [0.2, 0.25) is 0 Å². The van der Waals surface area contributed by atoms with Crippen molar-refractivity contribution in [1.82, 2.24) is 19.8 Å². The van der Waals surface area contributed by atoms with Crippen LogP contribution in [0, 0.1) is 16.7 Å². The number of nitrogens with two attached hydrogens (primary N) is 1. The molecular formula is C27H29N7O4. The Bertz CT molecular complexity index is 1450. The summed E-state index contributed by atoms with van der Waals surface area (Å²) in [6, 6.07) is 10.9. The number of nitrogens with one attached hydrogen (secondary N) is 2. The van der Waals surface area contributed by atoms with Gasteiger partial charge in [-0.05, 0) is 43.5 Å². The average Bonchev–Trinajstić information content (AvgIpc) is 3.42. The van der Waals surface area contributed by atoms with Crippen LogP contribution >= 0.6 is 0 Å². The van der Waals surface area contributed by atoms with Crippen molar-refractivity contribution in [2.45, 2.75) is 31.9 Å². The predicted octanol–water partition coefficient (Wildman–Crippen LogP) is 1.79. The van der Waals surface area contributed by atoms with Gasteiger partial charge in [-0.25, -0.2) is 4.52 Å². The molecule has 1 saturated heterocycles. The lowest BCUT2D eigenvalue weighted by atomic mass is 10.1. The normalized spacial score (nSPS) is 19.7. The number of nitriles is 1. The summed E-state index contributed by atoms with van der Waals surface area (Å²) in [5.74, 6) is -0.959. The number of rotatable bonds is 8. The minimum absolute atomic E-state index is 0.139. The molecule has 2 fully saturated rings. The third kappa shape index (κ3) is 4.43. The van der Waals surface area contributed by atoms with Crippen LogP contribution in [-0.2, 0) is 9.53 Å². The second kappa shape index (κ2) is 9.79. The predicted molar refractivity (Wildman–Crippen MR) is 139 cm³/mol. The van der Waals surface area contributed by atoms with Crippen LogP contribution in [0.4, 0.5) is 5.69 Å². The van der Waals surface area contributed by atoms with Gasteiger partial charge in [-0.2, -0.15) is 10.4 Å². The van der Waals surface area contributed by atoms with Crippen LogP contribution in [-0.4, -0.2) is 71.1 Å². The van der Waals surface area contributed by atoms with Gasteiger partial charge >= 0.3 is 0 Å². The fraction of sp³-hybridized carbons (Fsp3) is 0.370. The Kier molecular flexibility index (Phi) is 6.50. The number of amides is 3. The first-order valence-electron chi connectivity index (χ1n) is 12.5. The Morgan fingerprint density at radius 1 is 1.21 bits per heavy atom. The second-order valence-electron chi connectivity index (χ2n) is 9.72. The maximum atomic E-state index is 13.0. The molecule has 38 heavy (non-hydrogen) atoms. The van der Waals surface area contributed by atoms with E-state index in [1.54, 1.807) is 28.7 Å². The van der Waals surface area contributed by atoms with Gasteiger partial charge < -0.3 is 26.0 Å². The summed E-state index contributed by atoms with van der Waals surface area (Å²) >= 11 is 0. The first kappa shape index (κ1) is 25.2. The first-order valence-corrected chi connectivity index (χ1v) is 12.5. The molecule has 3 amide bonds. The number of methoxy groups -OCH3 is 1. The van der Waals surface area contributed by atoms with Crippen molar-refractivity contribution in [2.75, 3.05) is 32.1 Å². The van der Waals surface area contributed by atoms with E-state index in [1.165, 1.54) is 6.20 Å². The van der Waals surface area contributed by atoms with Gasteiger partial charge in [0.05, 0.1) is 41.2 Å². The van der Waals surface area contributed by atoms with Gasteiger partial charge in [0.25, 0.3) is 11.8 Å². The third-order valence-corrected chi connectivity index (χ3v) is 7.28. The fourth-order valence-electron chi connectivity index (χ4n) is 4.93. The van der Waals surface area contributed by atoms with Gasteiger partial charge in [0.2, 0.25) is 5.91 Å². The fourth-order valence-corrected chi connectivity index (χ4v) is 4.93. The van der Waals surface area contributed by atoms with Crippen molar-refractivity contribution in [1.29, 1.82) is 5.26 Å². The molecule has 1 aliphatic carbocycles. The first-order chi connectivity index (χ1) is 18.3. The number of primary amides is 1. The van der Waals surface area contributed by atoms with E-state index in [9.17, 15) is 19.6 Å². The van der Waals surface area contributed by atoms with Crippen molar-refractivity contribution in [3.8, 4) is 17.2 Å². The zero-order valence-corrected chi connectivity index (χ0v) is 21.2. The molecule has 0 spiro atoms. The van der Waals surface area contributed by atoms with Crippen LogP contribution in [0.3, 0.4) is 0 Å². The summed E-state index contributed by atoms with van der Waals surface area (Å²) in [5.41, 5.74) is 8.37. The Hall–Kier alpha value is -4.43. The molecular weight excluding hydrogens is 486 g/mol. The van der Waals surface area contributed by atoms with Crippen molar-refractivity contribution in [2.24, 2.45) is 11.1 Å². The Balaban J connectivity index is 1.46. The van der Waals surface area contributed by atoms with E-state index < -0.39 is 11.3 Å². The summed E-state index contributed by atoms with van der Waals surface area (Å²) in [6.07, 6.45) is 4.03. The molecule has 196 valence electrons. The molecule has 4 N–H and O–H groups in total. The number of likely N-dealkylation sites (tertiary alicyclic amines) is 1. The van der Waals surface area contributed by atoms with Crippen LogP contribution in [0.1, 0.15) is 40.5 Å². The second-order valence-corrected chi connectivity index (χ2v) is 9.72. The number of aromatic nitrogens is 2. The maximum Gasteiger partial charge on any atom is 0.252 e. The highest BCUT2D eigenvalue weighted by Gasteiger charge is 2.54. The number of ether oxygens (including phenoxy) is 1. The number of hydrogen-bond acceptors (Lipinski definition) is 7. The largest absolute Gasteiger partial charge is 0.377 e. The highest BCUT2D eigenvalue weighted by molar-refractivity contribution is 6.02. The molecule has 11 heteroatoms. The maximum absolute atomic E-state index is 13.0. The zero-order valence-electron chi connectivity index (χ0n) is 21.2. The SMILES string of the molecule is CCNC(=O)c1ccc(-c2cc3c(N[C@@H]4CN(C(=O)C5(C#N)CC5)C[C@H]4OC)c(C(N)=O)cnn3c2)cc1. The quantitative estimate of drug-likeness (QED) is 0.413. The highest BCUT2D eigenvalue weighted by Crippen LogP contribution is 2.47. The number of benzene rings is 1. The number of carbonyl (C=O) groups excluding carboxylic acids is 3. The molecule has 0 unspecified atom stereocenters. The van der Waals surface area contributed by atoms with E-state index >= 15 is 0 Å². The Morgan fingerprint density at radius 3 is 2.55 bits per heavy atom. The molecule has 1 saturated carbocycles. The number of carbonyl (C=O) groups is 3. The molecule has 0 bridgehead atoms. The number of anilines is 1. The summed E-state index contributed by atoms with van der Waals surface area (Å²) < 4.78 is 7.32. The summed E-state index contributed by atoms with van der Waals surface area (Å²) in [6.45, 7) is 3.07. The van der Waals surface area contributed by atoms with E-state index in [0.29, 0.717) is 49.2 Å². The molecule has 1 aromatic carbocycles. The molecule has 1 aliphatic heterocycles. The van der Waals surface area contributed by atoms with Crippen LogP contribution in [0.25, 0.3) is 16.6 Å². The lowest BCUT2D eigenvalue weighted by molar-refractivity contribution is -0.134. The number of fused-ring (bicyclic) bond motifs is 1. The highest BCUT2D eigenvalue weighted by atomic mass is 16.5. The average molecular weight is 516 g/mol. The smallest absolute Gasteiger partial charge is 0.252 e.